The summed E-state index contributed by atoms with van der Waals surface area (Å²) in [6, 6.07) is 0. The van der Waals surface area contributed by atoms with Gasteiger partial charge in [0.15, 0.2) is 6.10 Å². The first-order chi connectivity index (χ1) is 39.2. The van der Waals surface area contributed by atoms with Gasteiger partial charge in [-0.1, -0.05) is 240 Å². The van der Waals surface area contributed by atoms with Crippen LogP contribution in [0.15, 0.2) is 97.2 Å². The van der Waals surface area contributed by atoms with Crippen molar-refractivity contribution in [3.8, 4) is 0 Å². The van der Waals surface area contributed by atoms with Crippen LogP contribution in [0, 0.1) is 0 Å². The molecule has 11 nitrogen and oxygen atoms in total. The number of carbonyl (C=O) groups excluding carboxylic acids is 3. The van der Waals surface area contributed by atoms with Crippen LogP contribution in [0.4, 0.5) is 0 Å². The fraction of sp³-hybridized carbons (Fsp3) is 0.721. The first kappa shape index (κ1) is 76.4. The fourth-order valence-electron chi connectivity index (χ4n) is 8.65. The molecule has 3 unspecified atom stereocenters. The van der Waals surface area contributed by atoms with Crippen LogP contribution >= 0.6 is 7.82 Å². The Morgan fingerprint density at radius 1 is 0.362 bits per heavy atom. The first-order valence-electron chi connectivity index (χ1n) is 32.1. The molecule has 0 fully saturated rings. The van der Waals surface area contributed by atoms with Gasteiger partial charge in [0.1, 0.15) is 12.7 Å². The van der Waals surface area contributed by atoms with E-state index in [1.807, 2.05) is 0 Å². The van der Waals surface area contributed by atoms with Crippen molar-refractivity contribution in [1.82, 2.24) is 0 Å². The Balaban J connectivity index is 4.73. The molecule has 0 aliphatic heterocycles. The molecule has 0 spiro atoms. The molecule has 0 heterocycles. The summed E-state index contributed by atoms with van der Waals surface area (Å²) in [4.78, 5) is 48.8. The number of carbonyl (C=O) groups is 3. The Hall–Kier alpha value is -3.60. The van der Waals surface area contributed by atoms with Gasteiger partial charge in [-0.05, 0) is 116 Å². The molecule has 460 valence electrons. The molecule has 0 saturated heterocycles. The summed E-state index contributed by atoms with van der Waals surface area (Å²) in [7, 11) is -4.77. The zero-order valence-electron chi connectivity index (χ0n) is 51.0. The largest absolute Gasteiger partial charge is 0.472 e. The number of hydrogen-bond acceptors (Lipinski definition) is 10. The third-order valence-electron chi connectivity index (χ3n) is 13.5. The van der Waals surface area contributed by atoms with Gasteiger partial charge in [0.2, 0.25) is 0 Å². The number of unbranched alkanes of at least 4 members (excludes halogenated alkanes) is 26. The monoisotopic (exact) mass is 1140 g/mol. The molecular formula is C68H117O11P. The van der Waals surface area contributed by atoms with Crippen molar-refractivity contribution in [2.45, 2.75) is 290 Å². The lowest BCUT2D eigenvalue weighted by molar-refractivity contribution is -0.161. The number of ether oxygens (including phenoxy) is 3. The average molecular weight is 1140 g/mol. The van der Waals surface area contributed by atoms with Crippen LogP contribution in [0.3, 0.4) is 0 Å². The first-order valence-corrected chi connectivity index (χ1v) is 33.6. The molecule has 3 atom stereocenters. The van der Waals surface area contributed by atoms with E-state index in [4.69, 9.17) is 23.3 Å². The van der Waals surface area contributed by atoms with Crippen LogP contribution in [0.1, 0.15) is 278 Å². The predicted molar refractivity (Wildman–Crippen MR) is 334 cm³/mol. The summed E-state index contributed by atoms with van der Waals surface area (Å²) < 4.78 is 39.7. The Morgan fingerprint density at radius 2 is 0.650 bits per heavy atom. The van der Waals surface area contributed by atoms with E-state index >= 15 is 0 Å². The minimum absolute atomic E-state index is 0.149. The van der Waals surface area contributed by atoms with Gasteiger partial charge in [-0.25, -0.2) is 4.57 Å². The number of rotatable bonds is 59. The van der Waals surface area contributed by atoms with Crippen LogP contribution in [-0.4, -0.2) is 66.5 Å². The van der Waals surface area contributed by atoms with Crippen molar-refractivity contribution < 1.29 is 52.2 Å². The van der Waals surface area contributed by atoms with E-state index in [9.17, 15) is 28.9 Å². The van der Waals surface area contributed by atoms with E-state index in [1.165, 1.54) is 70.6 Å². The number of phosphoric acid groups is 1. The van der Waals surface area contributed by atoms with Gasteiger partial charge in [-0.2, -0.15) is 0 Å². The molecule has 0 aliphatic carbocycles. The molecular weight excluding hydrogens is 1020 g/mol. The second-order valence-corrected chi connectivity index (χ2v) is 22.6. The molecule has 2 N–H and O–H groups in total. The molecule has 0 radical (unpaired) electrons. The topological polar surface area (TPSA) is 155 Å². The highest BCUT2D eigenvalue weighted by molar-refractivity contribution is 7.47. The van der Waals surface area contributed by atoms with Crippen LogP contribution in [-0.2, 0) is 42.2 Å². The van der Waals surface area contributed by atoms with E-state index in [0.29, 0.717) is 19.3 Å². The highest BCUT2D eigenvalue weighted by atomic mass is 31.2. The van der Waals surface area contributed by atoms with Gasteiger partial charge in [-0.15, -0.1) is 0 Å². The quantitative estimate of drug-likeness (QED) is 0.0197. The number of aliphatic hydroxyl groups excluding tert-OH is 1. The zero-order chi connectivity index (χ0) is 58.3. The number of aliphatic hydroxyl groups is 1. The van der Waals surface area contributed by atoms with Gasteiger partial charge in [0.25, 0.3) is 0 Å². The van der Waals surface area contributed by atoms with E-state index in [-0.39, 0.29) is 25.9 Å². The lowest BCUT2D eigenvalue weighted by atomic mass is 10.1. The van der Waals surface area contributed by atoms with Gasteiger partial charge >= 0.3 is 25.7 Å². The Bertz CT molecular complexity index is 1710. The minimum Gasteiger partial charge on any atom is -0.462 e. The van der Waals surface area contributed by atoms with E-state index in [2.05, 4.69) is 118 Å². The molecule has 12 heteroatoms. The highest BCUT2D eigenvalue weighted by Crippen LogP contribution is 2.43. The second kappa shape index (κ2) is 61.5. The summed E-state index contributed by atoms with van der Waals surface area (Å²) >= 11 is 0. The number of esters is 3. The normalized spacial score (nSPS) is 13.9. The molecule has 0 aromatic heterocycles. The molecule has 80 heavy (non-hydrogen) atoms. The molecule has 0 aromatic rings. The van der Waals surface area contributed by atoms with Gasteiger partial charge < -0.3 is 24.2 Å². The van der Waals surface area contributed by atoms with Gasteiger partial charge in [0, 0.05) is 19.3 Å². The van der Waals surface area contributed by atoms with Crippen molar-refractivity contribution in [3.05, 3.63) is 97.2 Å². The Morgan fingerprint density at radius 3 is 1.01 bits per heavy atom. The maximum Gasteiger partial charge on any atom is 0.472 e. The Labute approximate surface area is 489 Å². The van der Waals surface area contributed by atoms with Crippen molar-refractivity contribution in [1.29, 1.82) is 0 Å². The molecule has 0 rings (SSSR count). The maximum atomic E-state index is 13.0. The lowest BCUT2D eigenvalue weighted by Gasteiger charge is -2.21. The Kier molecular flexibility index (Phi) is 58.7. The number of hydrogen-bond donors (Lipinski definition) is 2. The van der Waals surface area contributed by atoms with Crippen molar-refractivity contribution in [2.24, 2.45) is 0 Å². The molecule has 0 bridgehead atoms. The molecule has 0 saturated carbocycles. The lowest BCUT2D eigenvalue weighted by Crippen LogP contribution is -2.30. The molecule has 0 amide bonds. The SMILES string of the molecule is CC/C=C\C/C=C\C/C=C\C/C=C\CCCCCCCCC(=O)OCC(COP(=O)(O)OCC(CO)OC(=O)CCCCCCCCC/C=C\CCCCCCCC)OC(=O)CCCCCCCCC/C=C\C/C=C\C/C=C\CC. The second-order valence-electron chi connectivity index (χ2n) is 21.2. The summed E-state index contributed by atoms with van der Waals surface area (Å²) in [5.41, 5.74) is 0. The average Bonchev–Trinajstić information content (AvgIpc) is 3.45. The summed E-state index contributed by atoms with van der Waals surface area (Å²) in [6.45, 7) is 4.42. The number of phosphoric ester groups is 1. The predicted octanol–water partition coefficient (Wildman–Crippen LogP) is 19.6. The van der Waals surface area contributed by atoms with Crippen molar-refractivity contribution in [3.63, 3.8) is 0 Å². The van der Waals surface area contributed by atoms with E-state index in [0.717, 1.165) is 148 Å². The highest BCUT2D eigenvalue weighted by Gasteiger charge is 2.28. The van der Waals surface area contributed by atoms with Crippen LogP contribution < -0.4 is 0 Å². The van der Waals surface area contributed by atoms with Gasteiger partial charge in [-0.3, -0.25) is 23.4 Å². The smallest absolute Gasteiger partial charge is 0.462 e. The van der Waals surface area contributed by atoms with Crippen LogP contribution in [0.2, 0.25) is 0 Å². The zero-order valence-corrected chi connectivity index (χ0v) is 51.9. The summed E-state index contributed by atoms with van der Waals surface area (Å²) in [6.07, 6.45) is 73.5. The van der Waals surface area contributed by atoms with E-state index < -0.39 is 57.8 Å². The van der Waals surface area contributed by atoms with Crippen LogP contribution in [0.25, 0.3) is 0 Å². The van der Waals surface area contributed by atoms with E-state index in [1.54, 1.807) is 0 Å². The summed E-state index contributed by atoms with van der Waals surface area (Å²) in [5, 5.41) is 9.86. The van der Waals surface area contributed by atoms with Crippen LogP contribution in [0.5, 0.6) is 0 Å². The fourth-order valence-corrected chi connectivity index (χ4v) is 9.44. The molecule has 0 aromatic carbocycles. The molecule has 0 aliphatic rings. The van der Waals surface area contributed by atoms with Gasteiger partial charge in [0.05, 0.1) is 19.8 Å². The number of allylic oxidation sites excluding steroid dienone is 16. The third kappa shape index (κ3) is 59.0. The van der Waals surface area contributed by atoms with Crippen molar-refractivity contribution >= 4 is 25.7 Å². The van der Waals surface area contributed by atoms with Crippen molar-refractivity contribution in [2.75, 3.05) is 26.4 Å². The third-order valence-corrected chi connectivity index (χ3v) is 14.4. The standard InChI is InChI=1S/C68H117O11P/c1-4-7-10-13-16-19-22-25-28-31-32-35-36-39-42-45-48-51-54-57-66(70)75-61-65(79-68(72)59-56-53-50-47-44-41-38-34-30-27-24-21-18-15-12-9-6-3)63-77-80(73,74)76-62-64(60-69)78-67(71)58-55-52-49-46-43-40-37-33-29-26-23-20-17-14-11-8-5-2/h7,9-10,12,16,18-19,21,25-30,32,35,64-65,69H,4-6,8,11,13-15,17,20,22-24,31,33-34,36-63H2,1-3H3,(H,73,74)/b10-7-,12-9-,19-16-,21-18-,28-25-,29-26-,30-27-,35-32-. The maximum absolute atomic E-state index is 13.0. The summed E-state index contributed by atoms with van der Waals surface area (Å²) in [5.74, 6) is -1.49. The minimum atomic E-state index is -4.77.